The molecule has 1 fully saturated rings. The number of rotatable bonds is 5. The van der Waals surface area contributed by atoms with E-state index in [0.29, 0.717) is 4.73 Å². The lowest BCUT2D eigenvalue weighted by atomic mass is 9.76. The molecule has 1 aromatic carbocycles. The van der Waals surface area contributed by atoms with Crippen LogP contribution >= 0.6 is 0 Å². The number of hydrogen-bond donors (Lipinski definition) is 3. The van der Waals surface area contributed by atoms with Crippen molar-refractivity contribution in [2.45, 2.75) is 50.7 Å². The molecule has 1 saturated heterocycles. The first-order valence-electron chi connectivity index (χ1n) is 10.6. The predicted molar refractivity (Wildman–Crippen MR) is 113 cm³/mol. The minimum Gasteiger partial charge on any atom is -0.496 e. The largest absolute Gasteiger partial charge is 0.496 e. The third kappa shape index (κ3) is 4.65. The van der Waals surface area contributed by atoms with E-state index in [4.69, 9.17) is 14.6 Å². The smallest absolute Gasteiger partial charge is 0.417 e. The highest BCUT2D eigenvalue weighted by Gasteiger charge is 2.65. The molecule has 0 aliphatic carbocycles. The van der Waals surface area contributed by atoms with Crippen LogP contribution in [0.25, 0.3) is 0 Å². The quantitative estimate of drug-likeness (QED) is 0.428. The van der Waals surface area contributed by atoms with Gasteiger partial charge in [0.25, 0.3) is 5.91 Å². The lowest BCUT2D eigenvalue weighted by molar-refractivity contribution is -0.272. The van der Waals surface area contributed by atoms with Crippen molar-refractivity contribution in [1.82, 2.24) is 4.73 Å². The van der Waals surface area contributed by atoms with Crippen molar-refractivity contribution in [2.75, 3.05) is 13.7 Å². The maximum absolute atomic E-state index is 14.1. The van der Waals surface area contributed by atoms with Crippen LogP contribution in [0.3, 0.4) is 0 Å². The maximum Gasteiger partial charge on any atom is 0.417 e. The average molecular weight is 502 g/mol. The lowest BCUT2D eigenvalue weighted by Crippen LogP contribution is -2.47. The van der Waals surface area contributed by atoms with Crippen LogP contribution in [-0.4, -0.2) is 57.7 Å². The zero-order valence-corrected chi connectivity index (χ0v) is 19.4. The molecular formula is C23H26F4N2O6. The number of benzene rings is 1. The summed E-state index contributed by atoms with van der Waals surface area (Å²) >= 11 is 0. The number of aliphatic hydroxyl groups is 2. The number of aromatic nitrogens is 1. The first-order chi connectivity index (χ1) is 16.3. The van der Waals surface area contributed by atoms with Gasteiger partial charge in [0.1, 0.15) is 23.8 Å². The second-order valence-electron chi connectivity index (χ2n) is 8.56. The molecule has 1 amide bonds. The molecule has 0 bridgehead atoms. The van der Waals surface area contributed by atoms with Crippen molar-refractivity contribution >= 4 is 5.91 Å². The summed E-state index contributed by atoms with van der Waals surface area (Å²) in [5, 5.41) is 28.7. The molecule has 5 atom stereocenters. The highest BCUT2D eigenvalue weighted by Crippen LogP contribution is 2.55. The Kier molecular flexibility index (Phi) is 7.30. The molecule has 2 heterocycles. The van der Waals surface area contributed by atoms with E-state index in [1.54, 1.807) is 0 Å². The van der Waals surface area contributed by atoms with Gasteiger partial charge in [-0.05, 0) is 32.0 Å². The number of carbonyl (C=O) groups excluding carboxylic acids is 1. The van der Waals surface area contributed by atoms with Crippen LogP contribution in [0, 0.1) is 18.7 Å². The molecule has 192 valence electrons. The van der Waals surface area contributed by atoms with Gasteiger partial charge in [-0.1, -0.05) is 13.0 Å². The van der Waals surface area contributed by atoms with Crippen molar-refractivity contribution in [3.05, 3.63) is 58.5 Å². The highest BCUT2D eigenvalue weighted by atomic mass is 19.4. The molecule has 2 aromatic rings. The number of nitrogens with zero attached hydrogens (tertiary/aromatic N) is 2. The van der Waals surface area contributed by atoms with Crippen molar-refractivity contribution < 1.29 is 47.3 Å². The Morgan fingerprint density at radius 3 is 2.57 bits per heavy atom. The Morgan fingerprint density at radius 1 is 1.34 bits per heavy atom. The number of hydrogen-bond acceptors (Lipinski definition) is 6. The molecule has 1 aliphatic rings. The van der Waals surface area contributed by atoms with Crippen LogP contribution in [-0.2, 0) is 9.53 Å². The summed E-state index contributed by atoms with van der Waals surface area (Å²) in [5.41, 5.74) is -2.68. The summed E-state index contributed by atoms with van der Waals surface area (Å²) in [6.45, 7) is 2.80. The van der Waals surface area contributed by atoms with E-state index in [1.165, 1.54) is 33.1 Å². The normalized spacial score (nSPS) is 26.1. The monoisotopic (exact) mass is 502 g/mol. The summed E-state index contributed by atoms with van der Waals surface area (Å²) in [6, 6.07) is 4.63. The van der Waals surface area contributed by atoms with E-state index in [9.17, 15) is 32.7 Å². The van der Waals surface area contributed by atoms with Gasteiger partial charge in [0, 0.05) is 29.2 Å². The van der Waals surface area contributed by atoms with E-state index in [-0.39, 0.29) is 27.9 Å². The molecule has 3 N–H and O–H groups in total. The Bertz CT molecular complexity index is 1180. The number of carbonyl (C=O) groups is 1. The van der Waals surface area contributed by atoms with Crippen LogP contribution in [0.15, 0.2) is 35.5 Å². The fourth-order valence-corrected chi connectivity index (χ4v) is 4.33. The number of halogens is 4. The molecule has 8 nitrogen and oxygen atoms in total. The van der Waals surface area contributed by atoms with Gasteiger partial charge in [0.15, 0.2) is 5.60 Å². The van der Waals surface area contributed by atoms with Gasteiger partial charge in [-0.3, -0.25) is 4.79 Å². The molecule has 1 aromatic heterocycles. The van der Waals surface area contributed by atoms with E-state index in [0.717, 1.165) is 25.3 Å². The SMILES string of the molecule is COc1c([C@@H]2[C@@H](C(=O)N=c3ccn(O)c([C@H](O)CO)c3)O[C@](C)(C(F)(F)F)[C@@H]2C)ccc(F)c1C. The summed E-state index contributed by atoms with van der Waals surface area (Å²) in [4.78, 5) is 17.0. The van der Waals surface area contributed by atoms with Crippen molar-refractivity contribution in [3.8, 4) is 5.75 Å². The first kappa shape index (κ1) is 26.6. The number of amides is 1. The molecule has 35 heavy (non-hydrogen) atoms. The van der Waals surface area contributed by atoms with E-state index in [1.807, 2.05) is 0 Å². The molecule has 0 saturated carbocycles. The van der Waals surface area contributed by atoms with Crippen LogP contribution < -0.4 is 10.1 Å². The number of ether oxygens (including phenoxy) is 2. The minimum atomic E-state index is -4.84. The highest BCUT2D eigenvalue weighted by molar-refractivity contribution is 5.83. The number of alkyl halides is 3. The summed E-state index contributed by atoms with van der Waals surface area (Å²) in [7, 11) is 1.25. The standard InChI is InChI=1S/C23H26F4N2O6/c1-11-15(24)6-5-14(19(11)34-4)18-12(2)22(3,23(25,26)27)35-20(18)21(32)28-13-7-8-29(33)16(9-13)17(31)10-30/h5-9,12,17-18,20,30-31,33H,10H2,1-4H3/t12-,17-,18-,20+,22+/m1/s1. The third-order valence-corrected chi connectivity index (χ3v) is 6.55. The van der Waals surface area contributed by atoms with Crippen LogP contribution in [0.2, 0.25) is 0 Å². The van der Waals surface area contributed by atoms with Gasteiger partial charge >= 0.3 is 6.18 Å². The van der Waals surface area contributed by atoms with Crippen molar-refractivity contribution in [2.24, 2.45) is 10.9 Å². The number of aliphatic hydroxyl groups excluding tert-OH is 2. The van der Waals surface area contributed by atoms with Gasteiger partial charge in [-0.25, -0.2) is 9.38 Å². The summed E-state index contributed by atoms with van der Waals surface area (Å²) < 4.78 is 67.5. The van der Waals surface area contributed by atoms with Crippen LogP contribution in [0.5, 0.6) is 5.75 Å². The summed E-state index contributed by atoms with van der Waals surface area (Å²) in [6.07, 6.45) is -7.00. The third-order valence-electron chi connectivity index (χ3n) is 6.55. The Hall–Kier alpha value is -2.96. The first-order valence-corrected chi connectivity index (χ1v) is 10.6. The minimum absolute atomic E-state index is 0.00376. The van der Waals surface area contributed by atoms with Crippen molar-refractivity contribution in [1.29, 1.82) is 0 Å². The van der Waals surface area contributed by atoms with Gasteiger partial charge in [-0.2, -0.15) is 17.9 Å². The van der Waals surface area contributed by atoms with Crippen LogP contribution in [0.1, 0.15) is 42.7 Å². The molecular weight excluding hydrogens is 476 g/mol. The zero-order valence-electron chi connectivity index (χ0n) is 19.4. The van der Waals surface area contributed by atoms with Gasteiger partial charge in [0.2, 0.25) is 0 Å². The summed E-state index contributed by atoms with van der Waals surface area (Å²) in [5.74, 6) is -4.16. The molecule has 0 radical (unpaired) electrons. The fraction of sp³-hybridized carbons (Fsp3) is 0.478. The number of methoxy groups -OCH3 is 1. The second-order valence-corrected chi connectivity index (χ2v) is 8.56. The number of pyridine rings is 1. The zero-order chi connectivity index (χ0) is 26.3. The fourth-order valence-electron chi connectivity index (χ4n) is 4.33. The van der Waals surface area contributed by atoms with E-state index < -0.39 is 54.2 Å². The van der Waals surface area contributed by atoms with Gasteiger partial charge in [0.05, 0.1) is 24.8 Å². The topological polar surface area (TPSA) is 114 Å². The molecule has 1 aliphatic heterocycles. The maximum atomic E-state index is 14.1. The molecule has 0 unspecified atom stereocenters. The van der Waals surface area contributed by atoms with Crippen LogP contribution in [0.4, 0.5) is 17.6 Å². The molecule has 0 spiro atoms. The Balaban J connectivity index is 2.16. The molecule has 12 heteroatoms. The Morgan fingerprint density at radius 2 is 2.00 bits per heavy atom. The van der Waals surface area contributed by atoms with Crippen molar-refractivity contribution in [3.63, 3.8) is 0 Å². The second kappa shape index (κ2) is 9.59. The lowest BCUT2D eigenvalue weighted by Gasteiger charge is -2.32. The van der Waals surface area contributed by atoms with Gasteiger partial charge in [-0.15, -0.1) is 0 Å². The average Bonchev–Trinajstić information content (AvgIpc) is 3.08. The van der Waals surface area contributed by atoms with E-state index >= 15 is 0 Å². The van der Waals surface area contributed by atoms with Gasteiger partial charge < -0.3 is 24.9 Å². The Labute approximate surface area is 198 Å². The predicted octanol–water partition coefficient (Wildman–Crippen LogP) is 2.77. The van der Waals surface area contributed by atoms with E-state index in [2.05, 4.69) is 4.99 Å². The molecule has 3 rings (SSSR count).